The molecule has 0 aromatic heterocycles. The Hall–Kier alpha value is -1.32. The van der Waals surface area contributed by atoms with Crippen molar-refractivity contribution in [3.05, 3.63) is 57.0 Å². The van der Waals surface area contributed by atoms with Crippen LogP contribution in [0.3, 0.4) is 0 Å². The lowest BCUT2D eigenvalue weighted by Gasteiger charge is -2.21. The van der Waals surface area contributed by atoms with Crippen LogP contribution in [0.15, 0.2) is 40.9 Å². The maximum absolute atomic E-state index is 12.1. The molecule has 2 aromatic carbocycles. The number of benzene rings is 2. The van der Waals surface area contributed by atoms with Gasteiger partial charge in [-0.05, 0) is 46.4 Å². The summed E-state index contributed by atoms with van der Waals surface area (Å²) in [5.41, 5.74) is 3.42. The van der Waals surface area contributed by atoms with Gasteiger partial charge in [0.05, 0.1) is 12.7 Å². The van der Waals surface area contributed by atoms with Gasteiger partial charge in [0, 0.05) is 9.50 Å². The van der Waals surface area contributed by atoms with E-state index in [1.165, 1.54) is 12.7 Å². The van der Waals surface area contributed by atoms with Crippen LogP contribution in [0.5, 0.6) is 0 Å². The van der Waals surface area contributed by atoms with Crippen LogP contribution < -0.4 is 0 Å². The quantitative estimate of drug-likeness (QED) is 0.610. The van der Waals surface area contributed by atoms with Crippen molar-refractivity contribution >= 4 is 33.5 Å². The van der Waals surface area contributed by atoms with Gasteiger partial charge in [-0.2, -0.15) is 0 Å². The highest BCUT2D eigenvalue weighted by Crippen LogP contribution is 2.36. The van der Waals surface area contributed by atoms with Crippen LogP contribution in [-0.2, 0) is 10.2 Å². The molecule has 0 unspecified atom stereocenters. The summed E-state index contributed by atoms with van der Waals surface area (Å²) in [6.45, 7) is 6.47. The molecule has 0 atom stereocenters. The lowest BCUT2D eigenvalue weighted by Crippen LogP contribution is -2.11. The van der Waals surface area contributed by atoms with E-state index in [0.29, 0.717) is 10.6 Å². The number of ether oxygens (including phenoxy) is 1. The highest BCUT2D eigenvalue weighted by atomic mass is 79.9. The Labute approximate surface area is 144 Å². The molecule has 0 saturated carbocycles. The zero-order valence-corrected chi connectivity index (χ0v) is 15.4. The summed E-state index contributed by atoms with van der Waals surface area (Å²) in [7, 11) is 1.37. The number of rotatable bonds is 2. The van der Waals surface area contributed by atoms with Crippen molar-refractivity contribution in [3.63, 3.8) is 0 Å². The standard InChI is InChI=1S/C18H18BrClO2/c1-18(2,3)11-5-8-16(19)14(9-11)13-7-6-12(20)10-15(13)17(21)22-4/h5-10H,1-4H3. The van der Waals surface area contributed by atoms with E-state index in [1.54, 1.807) is 12.1 Å². The van der Waals surface area contributed by atoms with Gasteiger partial charge in [-0.15, -0.1) is 0 Å². The van der Waals surface area contributed by atoms with Gasteiger partial charge >= 0.3 is 5.97 Å². The molecule has 0 aliphatic heterocycles. The van der Waals surface area contributed by atoms with Crippen LogP contribution in [0.25, 0.3) is 11.1 Å². The summed E-state index contributed by atoms with van der Waals surface area (Å²) in [6, 6.07) is 11.5. The molecule has 0 saturated heterocycles. The highest BCUT2D eigenvalue weighted by molar-refractivity contribution is 9.10. The summed E-state index contributed by atoms with van der Waals surface area (Å²) in [4.78, 5) is 12.1. The Morgan fingerprint density at radius 1 is 1.09 bits per heavy atom. The molecule has 0 radical (unpaired) electrons. The van der Waals surface area contributed by atoms with Crippen LogP contribution in [0.4, 0.5) is 0 Å². The average molecular weight is 382 g/mol. The molecule has 0 aliphatic rings. The second-order valence-corrected chi connectivity index (χ2v) is 7.42. The van der Waals surface area contributed by atoms with Gasteiger partial charge in [-0.3, -0.25) is 0 Å². The molecule has 116 valence electrons. The number of hydrogen-bond donors (Lipinski definition) is 0. The molecular formula is C18H18BrClO2. The molecule has 22 heavy (non-hydrogen) atoms. The SMILES string of the molecule is COC(=O)c1cc(Cl)ccc1-c1cc(C(C)(C)C)ccc1Br. The summed E-state index contributed by atoms with van der Waals surface area (Å²) < 4.78 is 5.80. The minimum Gasteiger partial charge on any atom is -0.465 e. The molecule has 4 heteroatoms. The minimum atomic E-state index is -0.398. The van der Waals surface area contributed by atoms with Crippen molar-refractivity contribution in [2.24, 2.45) is 0 Å². The second-order valence-electron chi connectivity index (χ2n) is 6.13. The first-order valence-corrected chi connectivity index (χ1v) is 8.09. The number of hydrogen-bond acceptors (Lipinski definition) is 2. The van der Waals surface area contributed by atoms with Gasteiger partial charge in [0.2, 0.25) is 0 Å². The monoisotopic (exact) mass is 380 g/mol. The molecule has 0 bridgehead atoms. The zero-order chi connectivity index (χ0) is 16.5. The molecule has 2 nitrogen and oxygen atoms in total. The molecule has 0 spiro atoms. The first-order chi connectivity index (χ1) is 10.2. The molecule has 0 amide bonds. The van der Waals surface area contributed by atoms with E-state index in [1.807, 2.05) is 12.1 Å². The summed E-state index contributed by atoms with van der Waals surface area (Å²) in [6.07, 6.45) is 0. The van der Waals surface area contributed by atoms with E-state index in [0.717, 1.165) is 15.6 Å². The summed E-state index contributed by atoms with van der Waals surface area (Å²) in [5, 5.41) is 0.507. The Balaban J connectivity index is 2.69. The van der Waals surface area contributed by atoms with Crippen LogP contribution in [0.1, 0.15) is 36.7 Å². The van der Waals surface area contributed by atoms with E-state index in [-0.39, 0.29) is 5.41 Å². The van der Waals surface area contributed by atoms with Crippen LogP contribution in [-0.4, -0.2) is 13.1 Å². The fraction of sp³-hybridized carbons (Fsp3) is 0.278. The minimum absolute atomic E-state index is 0.0211. The Morgan fingerprint density at radius 3 is 2.36 bits per heavy atom. The number of methoxy groups -OCH3 is 1. The molecule has 0 aliphatic carbocycles. The van der Waals surface area contributed by atoms with Crippen LogP contribution in [0, 0.1) is 0 Å². The van der Waals surface area contributed by atoms with Crippen molar-refractivity contribution < 1.29 is 9.53 Å². The summed E-state index contributed by atoms with van der Waals surface area (Å²) >= 11 is 9.60. The van der Waals surface area contributed by atoms with E-state index in [4.69, 9.17) is 16.3 Å². The second kappa shape index (κ2) is 6.43. The number of carbonyl (C=O) groups is 1. The zero-order valence-electron chi connectivity index (χ0n) is 13.0. The molecule has 0 heterocycles. The van der Waals surface area contributed by atoms with E-state index < -0.39 is 5.97 Å². The van der Waals surface area contributed by atoms with Gasteiger partial charge in [0.25, 0.3) is 0 Å². The van der Waals surface area contributed by atoms with E-state index in [9.17, 15) is 4.79 Å². The largest absolute Gasteiger partial charge is 0.465 e. The maximum atomic E-state index is 12.1. The van der Waals surface area contributed by atoms with Crippen molar-refractivity contribution in [2.45, 2.75) is 26.2 Å². The molecule has 0 fully saturated rings. The smallest absolute Gasteiger partial charge is 0.338 e. The first kappa shape index (κ1) is 17.0. The number of halogens is 2. The highest BCUT2D eigenvalue weighted by Gasteiger charge is 2.19. The number of carbonyl (C=O) groups excluding carboxylic acids is 1. The predicted molar refractivity (Wildman–Crippen MR) is 94.6 cm³/mol. The number of esters is 1. The van der Waals surface area contributed by atoms with E-state index in [2.05, 4.69) is 48.8 Å². The van der Waals surface area contributed by atoms with Gasteiger partial charge in [0.1, 0.15) is 0 Å². The molecular weight excluding hydrogens is 364 g/mol. The fourth-order valence-corrected chi connectivity index (χ4v) is 2.86. The van der Waals surface area contributed by atoms with Gasteiger partial charge in [0.15, 0.2) is 0 Å². The van der Waals surface area contributed by atoms with Gasteiger partial charge in [-0.1, -0.05) is 60.4 Å². The van der Waals surface area contributed by atoms with Crippen LogP contribution >= 0.6 is 27.5 Å². The average Bonchev–Trinajstić information content (AvgIpc) is 2.46. The first-order valence-electron chi connectivity index (χ1n) is 6.92. The third-order valence-corrected chi connectivity index (χ3v) is 4.44. The fourth-order valence-electron chi connectivity index (χ4n) is 2.23. The lowest BCUT2D eigenvalue weighted by molar-refractivity contribution is 0.0601. The van der Waals surface area contributed by atoms with E-state index >= 15 is 0 Å². The van der Waals surface area contributed by atoms with Crippen LogP contribution in [0.2, 0.25) is 5.02 Å². The van der Waals surface area contributed by atoms with Gasteiger partial charge in [-0.25, -0.2) is 4.79 Å². The Morgan fingerprint density at radius 2 is 1.77 bits per heavy atom. The van der Waals surface area contributed by atoms with Crippen molar-refractivity contribution in [2.75, 3.05) is 7.11 Å². The summed E-state index contributed by atoms with van der Waals surface area (Å²) in [5.74, 6) is -0.398. The third kappa shape index (κ3) is 3.53. The lowest BCUT2D eigenvalue weighted by atomic mass is 9.85. The Bertz CT molecular complexity index is 718. The normalized spacial score (nSPS) is 11.4. The topological polar surface area (TPSA) is 26.3 Å². The van der Waals surface area contributed by atoms with Crippen molar-refractivity contribution in [1.29, 1.82) is 0 Å². The predicted octanol–water partition coefficient (Wildman–Crippen LogP) is 5.85. The maximum Gasteiger partial charge on any atom is 0.338 e. The molecule has 0 N–H and O–H groups in total. The van der Waals surface area contributed by atoms with Crippen molar-refractivity contribution in [1.82, 2.24) is 0 Å². The third-order valence-electron chi connectivity index (χ3n) is 3.51. The molecule has 2 aromatic rings. The molecule has 2 rings (SSSR count). The van der Waals surface area contributed by atoms with Gasteiger partial charge < -0.3 is 4.74 Å². The Kier molecular flexibility index (Phi) is 4.98. The van der Waals surface area contributed by atoms with Crippen molar-refractivity contribution in [3.8, 4) is 11.1 Å².